The maximum Gasteiger partial charge on any atom is 0.229 e. The minimum Gasteiger partial charge on any atom is -0.495 e. The van der Waals surface area contributed by atoms with Crippen molar-refractivity contribution in [2.75, 3.05) is 23.4 Å². The Morgan fingerprint density at radius 1 is 1.21 bits per heavy atom. The number of nitrogens with one attached hydrogen (secondary N) is 3. The van der Waals surface area contributed by atoms with Gasteiger partial charge in [0, 0.05) is 24.1 Å². The molecular weight excluding hydrogens is 388 g/mol. The molecule has 152 valence electrons. The van der Waals surface area contributed by atoms with Gasteiger partial charge >= 0.3 is 0 Å². The highest BCUT2D eigenvalue weighted by molar-refractivity contribution is 7.92. The van der Waals surface area contributed by atoms with E-state index in [1.807, 2.05) is 12.1 Å². The number of aryl methyl sites for hydroxylation is 2. The van der Waals surface area contributed by atoms with Crippen molar-refractivity contribution in [1.82, 2.24) is 10.2 Å². The van der Waals surface area contributed by atoms with Gasteiger partial charge in [-0.3, -0.25) is 9.82 Å². The lowest BCUT2D eigenvalue weighted by molar-refractivity contribution is 0.417. The number of hydrogen-bond acceptors (Lipinski definition) is 5. The van der Waals surface area contributed by atoms with E-state index in [1.165, 1.54) is 23.8 Å². The van der Waals surface area contributed by atoms with Crippen molar-refractivity contribution < 1.29 is 13.2 Å². The second-order valence-electron chi connectivity index (χ2n) is 7.41. The van der Waals surface area contributed by atoms with Gasteiger partial charge in [0.15, 0.2) is 5.82 Å². The Hall–Kier alpha value is -3.00. The highest BCUT2D eigenvalue weighted by Gasteiger charge is 2.27. The monoisotopic (exact) mass is 412 g/mol. The lowest BCUT2D eigenvalue weighted by Crippen LogP contribution is -2.11. The molecule has 3 N–H and O–H groups in total. The first-order chi connectivity index (χ1) is 13.8. The van der Waals surface area contributed by atoms with E-state index in [0.29, 0.717) is 24.4 Å². The molecule has 0 bridgehead atoms. The fourth-order valence-electron chi connectivity index (χ4n) is 3.85. The molecule has 0 unspecified atom stereocenters. The average Bonchev–Trinajstić information content (AvgIpc) is 3.18. The molecule has 0 fully saturated rings. The van der Waals surface area contributed by atoms with Gasteiger partial charge in [0.25, 0.3) is 0 Å². The van der Waals surface area contributed by atoms with Gasteiger partial charge in [0.2, 0.25) is 10.0 Å². The number of aromatic amines is 1. The molecule has 1 aliphatic carbocycles. The molecule has 0 aliphatic heterocycles. The summed E-state index contributed by atoms with van der Waals surface area (Å²) in [6.07, 6.45) is 1.79. The van der Waals surface area contributed by atoms with Crippen LogP contribution in [0, 0.1) is 13.8 Å². The molecule has 0 saturated carbocycles. The normalized spacial score (nSPS) is 12.4. The molecule has 29 heavy (non-hydrogen) atoms. The number of H-pyrrole nitrogens is 1. The summed E-state index contributed by atoms with van der Waals surface area (Å²) < 4.78 is 31.3. The van der Waals surface area contributed by atoms with Crippen LogP contribution in [0.5, 0.6) is 5.75 Å². The van der Waals surface area contributed by atoms with E-state index in [9.17, 15) is 8.42 Å². The zero-order chi connectivity index (χ0) is 20.8. The maximum absolute atomic E-state index is 11.7. The van der Waals surface area contributed by atoms with Crippen molar-refractivity contribution in [2.45, 2.75) is 26.8 Å². The van der Waals surface area contributed by atoms with Crippen LogP contribution < -0.4 is 14.8 Å². The fraction of sp³-hybridized carbons (Fsp3) is 0.286. The molecule has 1 aromatic heterocycles. The Morgan fingerprint density at radius 3 is 2.59 bits per heavy atom. The van der Waals surface area contributed by atoms with Crippen LogP contribution in [0.3, 0.4) is 0 Å². The Labute approximate surface area is 170 Å². The predicted molar refractivity (Wildman–Crippen MR) is 115 cm³/mol. The Bertz CT molecular complexity index is 1180. The van der Waals surface area contributed by atoms with Gasteiger partial charge in [-0.25, -0.2) is 8.42 Å². The molecule has 3 aromatic rings. The van der Waals surface area contributed by atoms with Crippen LogP contribution in [0.15, 0.2) is 30.3 Å². The number of methoxy groups -OCH3 is 1. The van der Waals surface area contributed by atoms with Crippen LogP contribution in [-0.4, -0.2) is 32.0 Å². The van der Waals surface area contributed by atoms with Gasteiger partial charge in [-0.05, 0) is 48.2 Å². The zero-order valence-electron chi connectivity index (χ0n) is 16.9. The molecule has 2 aromatic carbocycles. The minimum absolute atomic E-state index is 0.442. The zero-order valence-corrected chi connectivity index (χ0v) is 17.7. The third-order valence-electron chi connectivity index (χ3n) is 5.30. The lowest BCUT2D eigenvalue weighted by atomic mass is 10.0. The van der Waals surface area contributed by atoms with Crippen molar-refractivity contribution in [3.05, 3.63) is 58.1 Å². The number of anilines is 2. The quantitative estimate of drug-likeness (QED) is 0.450. The molecule has 8 heteroatoms. The van der Waals surface area contributed by atoms with Crippen molar-refractivity contribution in [3.63, 3.8) is 0 Å². The number of benzene rings is 2. The second kappa shape index (κ2) is 7.11. The van der Waals surface area contributed by atoms with E-state index in [-0.39, 0.29) is 0 Å². The number of rotatable bonds is 6. The van der Waals surface area contributed by atoms with Crippen molar-refractivity contribution in [1.29, 1.82) is 0 Å². The van der Waals surface area contributed by atoms with Crippen LogP contribution in [-0.2, 0) is 23.0 Å². The third-order valence-corrected chi connectivity index (χ3v) is 5.89. The van der Waals surface area contributed by atoms with E-state index in [4.69, 9.17) is 4.74 Å². The molecule has 7 nitrogen and oxygen atoms in total. The van der Waals surface area contributed by atoms with E-state index in [2.05, 4.69) is 52.3 Å². The second-order valence-corrected chi connectivity index (χ2v) is 9.16. The Balaban J connectivity index is 1.63. The fourth-order valence-corrected chi connectivity index (χ4v) is 4.41. The van der Waals surface area contributed by atoms with Gasteiger partial charge in [0.1, 0.15) is 5.75 Å². The summed E-state index contributed by atoms with van der Waals surface area (Å²) in [5.74, 6) is 1.29. The third kappa shape index (κ3) is 3.67. The Morgan fingerprint density at radius 2 is 1.93 bits per heavy atom. The molecule has 0 spiro atoms. The molecule has 4 rings (SSSR count). The summed E-state index contributed by atoms with van der Waals surface area (Å²) in [5.41, 5.74) is 8.21. The van der Waals surface area contributed by atoms with Crippen molar-refractivity contribution in [2.24, 2.45) is 0 Å². The summed E-state index contributed by atoms with van der Waals surface area (Å²) in [5, 5.41) is 11.0. The van der Waals surface area contributed by atoms with Crippen molar-refractivity contribution >= 4 is 21.5 Å². The van der Waals surface area contributed by atoms with E-state index in [0.717, 1.165) is 34.5 Å². The predicted octanol–water partition coefficient (Wildman–Crippen LogP) is 3.59. The van der Waals surface area contributed by atoms with Crippen LogP contribution in [0.4, 0.5) is 11.5 Å². The number of fused-ring (bicyclic) bond motifs is 3. The Kier molecular flexibility index (Phi) is 4.74. The lowest BCUT2D eigenvalue weighted by Gasteiger charge is -2.12. The average molecular weight is 413 g/mol. The van der Waals surface area contributed by atoms with Gasteiger partial charge in [-0.15, -0.1) is 0 Å². The number of nitrogens with zero attached hydrogens (tertiary/aromatic N) is 1. The maximum atomic E-state index is 11.7. The summed E-state index contributed by atoms with van der Waals surface area (Å²) >= 11 is 0. The summed E-state index contributed by atoms with van der Waals surface area (Å²) in [6, 6.07) is 9.96. The topological polar surface area (TPSA) is 96.1 Å². The van der Waals surface area contributed by atoms with Gasteiger partial charge < -0.3 is 10.1 Å². The molecule has 0 radical (unpaired) electrons. The number of ether oxygens (including phenoxy) is 1. The van der Waals surface area contributed by atoms with Gasteiger partial charge in [0.05, 0.1) is 24.7 Å². The largest absolute Gasteiger partial charge is 0.495 e. The summed E-state index contributed by atoms with van der Waals surface area (Å²) in [6.45, 7) is 4.91. The SMILES string of the molecule is COc1cc2c(cc1NS(C)(=O)=O)Cc1c(NCc3c(C)cccc3C)n[nH]c1-2. The van der Waals surface area contributed by atoms with E-state index >= 15 is 0 Å². The van der Waals surface area contributed by atoms with Crippen LogP contribution in [0.25, 0.3) is 11.3 Å². The van der Waals surface area contributed by atoms with Crippen molar-refractivity contribution in [3.8, 4) is 17.0 Å². The smallest absolute Gasteiger partial charge is 0.229 e. The van der Waals surface area contributed by atoms with Crippen LogP contribution >= 0.6 is 0 Å². The van der Waals surface area contributed by atoms with Gasteiger partial charge in [-0.1, -0.05) is 18.2 Å². The summed E-state index contributed by atoms with van der Waals surface area (Å²) in [4.78, 5) is 0. The number of sulfonamides is 1. The first-order valence-electron chi connectivity index (χ1n) is 9.32. The molecule has 0 saturated heterocycles. The van der Waals surface area contributed by atoms with Gasteiger partial charge in [-0.2, -0.15) is 5.10 Å². The highest BCUT2D eigenvalue weighted by Crippen LogP contribution is 2.43. The highest BCUT2D eigenvalue weighted by atomic mass is 32.2. The first-order valence-corrected chi connectivity index (χ1v) is 11.2. The number of hydrogen-bond donors (Lipinski definition) is 3. The van der Waals surface area contributed by atoms with E-state index in [1.54, 1.807) is 0 Å². The molecule has 1 aliphatic rings. The molecule has 1 heterocycles. The number of aromatic nitrogens is 2. The molecule has 0 atom stereocenters. The molecule has 0 amide bonds. The minimum atomic E-state index is -3.40. The van der Waals surface area contributed by atoms with Crippen LogP contribution in [0.2, 0.25) is 0 Å². The summed E-state index contributed by atoms with van der Waals surface area (Å²) in [7, 11) is -1.88. The first kappa shape index (κ1) is 19.3. The van der Waals surface area contributed by atoms with E-state index < -0.39 is 10.0 Å². The molecular formula is C21H24N4O3S. The van der Waals surface area contributed by atoms with Crippen LogP contribution in [0.1, 0.15) is 27.8 Å². The standard InChI is InChI=1S/C21H24N4O3S/c1-12-6-5-7-13(2)17(12)11-22-21-16-8-14-9-18(25-29(4,26)27)19(28-3)10-15(14)20(16)23-24-21/h5-7,9-10,25H,8,11H2,1-4H3,(H2,22,23,24).